The van der Waals surface area contributed by atoms with Crippen LogP contribution in [0.4, 0.5) is 4.79 Å². The SMILES string of the molecule is COCCNS(=O)(=O)c1cccc2c1CN(C(=O)CNC(N)=O)CC2. The Morgan fingerprint density at radius 2 is 2.12 bits per heavy atom. The van der Waals surface area contributed by atoms with Crippen LogP contribution >= 0.6 is 0 Å². The summed E-state index contributed by atoms with van der Waals surface area (Å²) in [5.74, 6) is -0.316. The highest BCUT2D eigenvalue weighted by atomic mass is 32.2. The molecule has 1 heterocycles. The first-order valence-electron chi connectivity index (χ1n) is 7.75. The van der Waals surface area contributed by atoms with E-state index >= 15 is 0 Å². The summed E-state index contributed by atoms with van der Waals surface area (Å²) in [6.45, 7) is 0.819. The summed E-state index contributed by atoms with van der Waals surface area (Å²) in [4.78, 5) is 24.6. The van der Waals surface area contributed by atoms with Crippen molar-refractivity contribution in [3.63, 3.8) is 0 Å². The molecule has 0 fully saturated rings. The van der Waals surface area contributed by atoms with E-state index in [4.69, 9.17) is 10.5 Å². The van der Waals surface area contributed by atoms with Crippen molar-refractivity contribution in [1.29, 1.82) is 0 Å². The topological polar surface area (TPSA) is 131 Å². The predicted octanol–water partition coefficient (Wildman–Crippen LogP) is -0.836. The third-order valence-corrected chi connectivity index (χ3v) is 5.43. The van der Waals surface area contributed by atoms with Crippen LogP contribution in [0.25, 0.3) is 0 Å². The van der Waals surface area contributed by atoms with Crippen LogP contribution in [-0.2, 0) is 32.5 Å². The number of rotatable bonds is 7. The van der Waals surface area contributed by atoms with E-state index in [9.17, 15) is 18.0 Å². The van der Waals surface area contributed by atoms with Crippen LogP contribution in [0.15, 0.2) is 23.1 Å². The first-order chi connectivity index (χ1) is 11.8. The fraction of sp³-hybridized carbons (Fsp3) is 0.467. The van der Waals surface area contributed by atoms with Gasteiger partial charge < -0.3 is 20.7 Å². The predicted molar refractivity (Wildman–Crippen MR) is 90.2 cm³/mol. The van der Waals surface area contributed by atoms with Gasteiger partial charge in [0, 0.05) is 26.7 Å². The summed E-state index contributed by atoms with van der Waals surface area (Å²) < 4.78 is 32.4. The van der Waals surface area contributed by atoms with Gasteiger partial charge in [0.05, 0.1) is 18.0 Å². The maximum atomic E-state index is 12.5. The van der Waals surface area contributed by atoms with Crippen LogP contribution in [0, 0.1) is 0 Å². The number of urea groups is 1. The molecule has 0 aliphatic carbocycles. The van der Waals surface area contributed by atoms with Crippen molar-refractivity contribution in [3.05, 3.63) is 29.3 Å². The molecular weight excluding hydrogens is 348 g/mol. The third kappa shape index (κ3) is 4.91. The molecule has 25 heavy (non-hydrogen) atoms. The van der Waals surface area contributed by atoms with Gasteiger partial charge in [0.1, 0.15) is 0 Å². The highest BCUT2D eigenvalue weighted by Crippen LogP contribution is 2.26. The average molecular weight is 370 g/mol. The molecule has 10 heteroatoms. The molecule has 0 spiro atoms. The Morgan fingerprint density at radius 3 is 2.80 bits per heavy atom. The molecular formula is C15H22N4O5S. The maximum absolute atomic E-state index is 12.5. The zero-order valence-electron chi connectivity index (χ0n) is 13.9. The number of primary amides is 1. The van der Waals surface area contributed by atoms with Gasteiger partial charge in [0.2, 0.25) is 15.9 Å². The van der Waals surface area contributed by atoms with Gasteiger partial charge in [-0.15, -0.1) is 0 Å². The summed E-state index contributed by atoms with van der Waals surface area (Å²) in [6.07, 6.45) is 0.541. The molecule has 0 saturated carbocycles. The molecule has 0 unspecified atom stereocenters. The number of carbonyl (C=O) groups excluding carboxylic acids is 2. The molecule has 0 bridgehead atoms. The van der Waals surface area contributed by atoms with Crippen molar-refractivity contribution in [2.75, 3.05) is 33.4 Å². The lowest BCUT2D eigenvalue weighted by Gasteiger charge is -2.30. The van der Waals surface area contributed by atoms with Crippen LogP contribution in [0.3, 0.4) is 0 Å². The Labute approximate surface area is 146 Å². The lowest BCUT2D eigenvalue weighted by molar-refractivity contribution is -0.131. The number of nitrogens with zero attached hydrogens (tertiary/aromatic N) is 1. The zero-order valence-corrected chi connectivity index (χ0v) is 14.8. The number of nitrogens with two attached hydrogens (primary N) is 1. The summed E-state index contributed by atoms with van der Waals surface area (Å²) in [7, 11) is -2.22. The van der Waals surface area contributed by atoms with Crippen molar-refractivity contribution in [2.24, 2.45) is 5.73 Å². The minimum absolute atomic E-state index is 0.154. The van der Waals surface area contributed by atoms with Gasteiger partial charge in [0.25, 0.3) is 0 Å². The second kappa shape index (κ2) is 8.28. The van der Waals surface area contributed by atoms with E-state index in [-0.39, 0.29) is 37.0 Å². The van der Waals surface area contributed by atoms with E-state index in [0.717, 1.165) is 5.56 Å². The molecule has 9 nitrogen and oxygen atoms in total. The van der Waals surface area contributed by atoms with Gasteiger partial charge >= 0.3 is 6.03 Å². The van der Waals surface area contributed by atoms with E-state index in [1.165, 1.54) is 18.1 Å². The van der Waals surface area contributed by atoms with E-state index < -0.39 is 16.1 Å². The van der Waals surface area contributed by atoms with E-state index in [1.54, 1.807) is 6.07 Å². The molecule has 3 amide bonds. The van der Waals surface area contributed by atoms with Crippen LogP contribution in [0.2, 0.25) is 0 Å². The van der Waals surface area contributed by atoms with Crippen LogP contribution < -0.4 is 15.8 Å². The first kappa shape index (κ1) is 19.2. The van der Waals surface area contributed by atoms with Crippen LogP contribution in [-0.4, -0.2) is 58.6 Å². The lowest BCUT2D eigenvalue weighted by Crippen LogP contribution is -2.44. The fourth-order valence-electron chi connectivity index (χ4n) is 2.65. The number of amides is 3. The average Bonchev–Trinajstić information content (AvgIpc) is 2.58. The van der Waals surface area contributed by atoms with Gasteiger partial charge in [-0.05, 0) is 23.6 Å². The second-order valence-electron chi connectivity index (χ2n) is 5.57. The summed E-state index contributed by atoms with van der Waals surface area (Å²) in [5.41, 5.74) is 6.45. The number of benzene rings is 1. The number of carbonyl (C=O) groups is 2. The minimum atomic E-state index is -3.71. The standard InChI is InChI=1S/C15H22N4O5S/c1-24-8-6-18-25(22,23)13-4-2-3-11-5-7-19(10-12(11)13)14(20)9-17-15(16)21/h2-4,18H,5-10H2,1H3,(H3,16,17,21). The van der Waals surface area contributed by atoms with Crippen molar-refractivity contribution < 1.29 is 22.7 Å². The van der Waals surface area contributed by atoms with Crippen LogP contribution in [0.1, 0.15) is 11.1 Å². The van der Waals surface area contributed by atoms with E-state index in [2.05, 4.69) is 10.0 Å². The molecule has 4 N–H and O–H groups in total. The normalized spacial score (nSPS) is 14.0. The molecule has 0 saturated heterocycles. The van der Waals surface area contributed by atoms with Crippen LogP contribution in [0.5, 0.6) is 0 Å². The number of ether oxygens (including phenoxy) is 1. The monoisotopic (exact) mass is 370 g/mol. The van der Waals surface area contributed by atoms with Gasteiger partial charge in [-0.2, -0.15) is 0 Å². The molecule has 0 aromatic heterocycles. The second-order valence-corrected chi connectivity index (χ2v) is 7.30. The fourth-order valence-corrected chi connectivity index (χ4v) is 3.93. The largest absolute Gasteiger partial charge is 0.383 e. The molecule has 0 radical (unpaired) electrons. The van der Waals surface area contributed by atoms with E-state index in [1.807, 2.05) is 6.07 Å². The number of sulfonamides is 1. The van der Waals surface area contributed by atoms with Gasteiger partial charge in [-0.25, -0.2) is 17.9 Å². The highest BCUT2D eigenvalue weighted by Gasteiger charge is 2.27. The number of methoxy groups -OCH3 is 1. The Balaban J connectivity index is 2.20. The molecule has 1 aromatic carbocycles. The molecule has 1 aromatic rings. The lowest BCUT2D eigenvalue weighted by atomic mass is 10.00. The van der Waals surface area contributed by atoms with E-state index in [0.29, 0.717) is 18.5 Å². The minimum Gasteiger partial charge on any atom is -0.383 e. The van der Waals surface area contributed by atoms with Gasteiger partial charge in [-0.3, -0.25) is 4.79 Å². The number of fused-ring (bicyclic) bond motifs is 1. The maximum Gasteiger partial charge on any atom is 0.312 e. The van der Waals surface area contributed by atoms with Crippen molar-refractivity contribution >= 4 is 22.0 Å². The molecule has 2 rings (SSSR count). The Kier molecular flexibility index (Phi) is 6.34. The van der Waals surface area contributed by atoms with Crippen molar-refractivity contribution in [3.8, 4) is 0 Å². The number of nitrogens with one attached hydrogen (secondary N) is 2. The van der Waals surface area contributed by atoms with Crippen molar-refractivity contribution in [2.45, 2.75) is 17.9 Å². The summed E-state index contributed by atoms with van der Waals surface area (Å²) in [6, 6.07) is 4.28. The van der Waals surface area contributed by atoms with Crippen molar-refractivity contribution in [1.82, 2.24) is 14.9 Å². The Bertz CT molecular complexity index is 750. The highest BCUT2D eigenvalue weighted by molar-refractivity contribution is 7.89. The number of hydrogen-bond acceptors (Lipinski definition) is 5. The number of hydrogen-bond donors (Lipinski definition) is 3. The third-order valence-electron chi connectivity index (χ3n) is 3.88. The van der Waals surface area contributed by atoms with Gasteiger partial charge in [0.15, 0.2) is 0 Å². The summed E-state index contributed by atoms with van der Waals surface area (Å²) in [5, 5.41) is 2.25. The quantitative estimate of drug-likeness (QED) is 0.539. The smallest absolute Gasteiger partial charge is 0.312 e. The Hall–Kier alpha value is -2.17. The molecule has 0 atom stereocenters. The molecule has 1 aliphatic rings. The first-order valence-corrected chi connectivity index (χ1v) is 9.24. The Morgan fingerprint density at radius 1 is 1.36 bits per heavy atom. The summed E-state index contributed by atoms with van der Waals surface area (Å²) >= 11 is 0. The molecule has 1 aliphatic heterocycles. The molecule has 138 valence electrons. The zero-order chi connectivity index (χ0) is 18.4. The van der Waals surface area contributed by atoms with Gasteiger partial charge in [-0.1, -0.05) is 12.1 Å².